The molecule has 1 aliphatic heterocycles. The van der Waals surface area contributed by atoms with Crippen LogP contribution in [-0.4, -0.2) is 63.7 Å². The molecule has 1 aromatic rings. The van der Waals surface area contributed by atoms with Crippen molar-refractivity contribution in [2.75, 3.05) is 6.54 Å². The Bertz CT molecular complexity index is 649. The Morgan fingerprint density at radius 1 is 1.31 bits per heavy atom. The molecular weight excluding hydrogens is 338 g/mol. The fourth-order valence-corrected chi connectivity index (χ4v) is 3.08. The molecule has 0 saturated carbocycles. The fraction of sp³-hybridized carbons (Fsp3) is 0.500. The van der Waals surface area contributed by atoms with Crippen molar-refractivity contribution in [1.29, 1.82) is 0 Å². The summed E-state index contributed by atoms with van der Waals surface area (Å²) in [4.78, 5) is 37.5. The quantitative estimate of drug-likeness (QED) is 0.516. The molecule has 2 rings (SSSR count). The van der Waals surface area contributed by atoms with E-state index in [1.807, 2.05) is 30.3 Å². The van der Waals surface area contributed by atoms with Gasteiger partial charge in [-0.2, -0.15) is 0 Å². The molecule has 8 nitrogen and oxygen atoms in total. The molecule has 142 valence electrons. The van der Waals surface area contributed by atoms with Gasteiger partial charge in [0.15, 0.2) is 0 Å². The number of carboxylic acids is 1. The minimum Gasteiger partial charge on any atom is -0.480 e. The van der Waals surface area contributed by atoms with E-state index in [1.165, 1.54) is 11.8 Å². The number of likely N-dealkylation sites (tertiary alicyclic amines) is 1. The monoisotopic (exact) mass is 363 g/mol. The second-order valence-corrected chi connectivity index (χ2v) is 6.55. The third-order valence-corrected chi connectivity index (χ3v) is 4.50. The van der Waals surface area contributed by atoms with E-state index in [-0.39, 0.29) is 13.0 Å². The van der Waals surface area contributed by atoms with E-state index in [2.05, 4.69) is 5.32 Å². The van der Waals surface area contributed by atoms with E-state index in [0.29, 0.717) is 12.8 Å². The van der Waals surface area contributed by atoms with Crippen molar-refractivity contribution in [2.24, 2.45) is 5.73 Å². The van der Waals surface area contributed by atoms with Gasteiger partial charge in [-0.15, -0.1) is 0 Å². The number of rotatable bonds is 7. The van der Waals surface area contributed by atoms with Crippen LogP contribution in [0.5, 0.6) is 0 Å². The topological polar surface area (TPSA) is 133 Å². The highest BCUT2D eigenvalue weighted by atomic mass is 16.4. The number of carbonyl (C=O) groups excluding carboxylic acids is 2. The molecule has 1 aromatic carbocycles. The Morgan fingerprint density at radius 3 is 2.54 bits per heavy atom. The van der Waals surface area contributed by atoms with Crippen molar-refractivity contribution < 1.29 is 24.6 Å². The average molecular weight is 363 g/mol. The second kappa shape index (κ2) is 8.77. The van der Waals surface area contributed by atoms with E-state index < -0.39 is 42.0 Å². The first-order chi connectivity index (χ1) is 12.3. The Morgan fingerprint density at radius 2 is 1.96 bits per heavy atom. The lowest BCUT2D eigenvalue weighted by atomic mass is 10.0. The highest BCUT2D eigenvalue weighted by Crippen LogP contribution is 2.19. The Kier molecular flexibility index (Phi) is 6.70. The lowest BCUT2D eigenvalue weighted by molar-refractivity contribution is -0.150. The van der Waals surface area contributed by atoms with Crippen molar-refractivity contribution in [3.8, 4) is 0 Å². The van der Waals surface area contributed by atoms with Crippen molar-refractivity contribution >= 4 is 17.8 Å². The molecule has 8 heteroatoms. The molecule has 1 fully saturated rings. The summed E-state index contributed by atoms with van der Waals surface area (Å²) in [6.07, 6.45) is 0.0334. The third kappa shape index (κ3) is 4.80. The first-order valence-electron chi connectivity index (χ1n) is 8.62. The Labute approximate surface area is 152 Å². The number of amides is 2. The van der Waals surface area contributed by atoms with Gasteiger partial charge in [0, 0.05) is 6.54 Å². The molecule has 0 aliphatic carbocycles. The number of nitrogens with two attached hydrogens (primary N) is 1. The number of nitrogens with one attached hydrogen (secondary N) is 1. The summed E-state index contributed by atoms with van der Waals surface area (Å²) in [6, 6.07) is 6.15. The molecule has 0 radical (unpaired) electrons. The van der Waals surface area contributed by atoms with Crippen molar-refractivity contribution in [3.05, 3.63) is 35.9 Å². The number of aliphatic carboxylic acids is 1. The van der Waals surface area contributed by atoms with Gasteiger partial charge in [-0.25, -0.2) is 4.79 Å². The molecule has 4 atom stereocenters. The number of hydrogen-bond acceptors (Lipinski definition) is 5. The van der Waals surface area contributed by atoms with Gasteiger partial charge in [0.1, 0.15) is 12.1 Å². The summed E-state index contributed by atoms with van der Waals surface area (Å²) in [5.74, 6) is -2.27. The molecule has 4 unspecified atom stereocenters. The molecular formula is C18H25N3O5. The largest absolute Gasteiger partial charge is 0.480 e. The maximum atomic E-state index is 12.7. The molecule has 26 heavy (non-hydrogen) atoms. The zero-order valence-electron chi connectivity index (χ0n) is 14.7. The van der Waals surface area contributed by atoms with E-state index in [4.69, 9.17) is 5.73 Å². The van der Waals surface area contributed by atoms with Crippen LogP contribution in [-0.2, 0) is 20.8 Å². The van der Waals surface area contributed by atoms with Crippen molar-refractivity contribution in [2.45, 2.75) is 50.4 Å². The number of nitrogens with zero attached hydrogens (tertiary/aromatic N) is 1. The van der Waals surface area contributed by atoms with Crippen LogP contribution in [0.15, 0.2) is 30.3 Å². The van der Waals surface area contributed by atoms with E-state index >= 15 is 0 Å². The summed E-state index contributed by atoms with van der Waals surface area (Å²) in [7, 11) is 0. The zero-order chi connectivity index (χ0) is 19.3. The van der Waals surface area contributed by atoms with Crippen LogP contribution in [0.1, 0.15) is 25.3 Å². The zero-order valence-corrected chi connectivity index (χ0v) is 14.7. The minimum atomic E-state index is -1.23. The smallest absolute Gasteiger partial charge is 0.326 e. The maximum Gasteiger partial charge on any atom is 0.326 e. The number of carbonyl (C=O) groups is 3. The number of benzene rings is 1. The summed E-state index contributed by atoms with van der Waals surface area (Å²) < 4.78 is 0. The van der Waals surface area contributed by atoms with Crippen LogP contribution in [0.2, 0.25) is 0 Å². The number of aliphatic hydroxyl groups excluding tert-OH is 1. The lowest BCUT2D eigenvalue weighted by Gasteiger charge is -2.29. The number of hydrogen-bond donors (Lipinski definition) is 4. The van der Waals surface area contributed by atoms with E-state index in [9.17, 15) is 24.6 Å². The predicted molar refractivity (Wildman–Crippen MR) is 94.1 cm³/mol. The molecule has 5 N–H and O–H groups in total. The first kappa shape index (κ1) is 19.9. The van der Waals surface area contributed by atoms with Gasteiger partial charge in [0.2, 0.25) is 11.8 Å². The van der Waals surface area contributed by atoms with Gasteiger partial charge in [0.05, 0.1) is 12.1 Å². The molecule has 1 heterocycles. The molecule has 0 aromatic heterocycles. The lowest BCUT2D eigenvalue weighted by Crippen LogP contribution is -2.58. The molecule has 1 saturated heterocycles. The summed E-state index contributed by atoms with van der Waals surface area (Å²) in [5, 5.41) is 21.6. The molecule has 2 amide bonds. The minimum absolute atomic E-state index is 0.283. The van der Waals surface area contributed by atoms with Gasteiger partial charge >= 0.3 is 5.97 Å². The standard InChI is InChI=1S/C18H25N3O5/c1-11(22)15(17(24)21-9-5-8-14(21)18(25)26)20-16(23)13(19)10-12-6-3-2-4-7-12/h2-4,6-7,11,13-15,22H,5,8-10,19H2,1H3,(H,20,23)(H,25,26). The van der Waals surface area contributed by atoms with Gasteiger partial charge < -0.3 is 26.2 Å². The van der Waals surface area contributed by atoms with Crippen molar-refractivity contribution in [3.63, 3.8) is 0 Å². The Balaban J connectivity index is 2.03. The van der Waals surface area contributed by atoms with Gasteiger partial charge in [-0.3, -0.25) is 9.59 Å². The number of aliphatic hydroxyl groups is 1. The summed E-state index contributed by atoms with van der Waals surface area (Å²) in [5.41, 5.74) is 6.79. The summed E-state index contributed by atoms with van der Waals surface area (Å²) >= 11 is 0. The number of carboxylic acid groups (broad SMARTS) is 1. The molecule has 0 bridgehead atoms. The van der Waals surface area contributed by atoms with Crippen LogP contribution in [0.25, 0.3) is 0 Å². The van der Waals surface area contributed by atoms with Gasteiger partial charge in [-0.05, 0) is 31.7 Å². The van der Waals surface area contributed by atoms with Crippen LogP contribution in [0.3, 0.4) is 0 Å². The fourth-order valence-electron chi connectivity index (χ4n) is 3.08. The maximum absolute atomic E-state index is 12.7. The second-order valence-electron chi connectivity index (χ2n) is 6.55. The highest BCUT2D eigenvalue weighted by Gasteiger charge is 2.39. The van der Waals surface area contributed by atoms with Crippen molar-refractivity contribution in [1.82, 2.24) is 10.2 Å². The van der Waals surface area contributed by atoms with E-state index in [1.54, 1.807) is 0 Å². The van der Waals surface area contributed by atoms with Crippen LogP contribution in [0.4, 0.5) is 0 Å². The van der Waals surface area contributed by atoms with Crippen LogP contribution in [0, 0.1) is 0 Å². The molecule has 1 aliphatic rings. The normalized spacial score (nSPS) is 20.3. The first-order valence-corrected chi connectivity index (χ1v) is 8.62. The predicted octanol–water partition coefficient (Wildman–Crippen LogP) is -0.502. The average Bonchev–Trinajstić information content (AvgIpc) is 3.09. The third-order valence-electron chi connectivity index (χ3n) is 4.50. The van der Waals surface area contributed by atoms with Crippen LogP contribution < -0.4 is 11.1 Å². The highest BCUT2D eigenvalue weighted by molar-refractivity contribution is 5.92. The summed E-state index contributed by atoms with van der Waals surface area (Å²) in [6.45, 7) is 1.66. The molecule has 0 spiro atoms. The van der Waals surface area contributed by atoms with Gasteiger partial charge in [0.25, 0.3) is 0 Å². The van der Waals surface area contributed by atoms with Gasteiger partial charge in [-0.1, -0.05) is 30.3 Å². The van der Waals surface area contributed by atoms with Crippen LogP contribution >= 0.6 is 0 Å². The Hall–Kier alpha value is -2.45. The SMILES string of the molecule is CC(O)C(NC(=O)C(N)Cc1ccccc1)C(=O)N1CCCC1C(=O)O. The van der Waals surface area contributed by atoms with E-state index in [0.717, 1.165) is 5.56 Å².